The van der Waals surface area contributed by atoms with Gasteiger partial charge in [0.1, 0.15) is 0 Å². The van der Waals surface area contributed by atoms with E-state index in [1.54, 1.807) is 0 Å². The van der Waals surface area contributed by atoms with Crippen LogP contribution in [0.5, 0.6) is 0 Å². The first-order chi connectivity index (χ1) is 9.22. The Bertz CT molecular complexity index is 553. The molecule has 0 aliphatic rings. The standard InChI is InChI=1S/C18H19N/c1-3-17(15-10-6-4-7-11-15)18(2,14-19)16-12-8-5-9-13-16/h4-13,17H,3H2,1-2H3/t17-,18-/m1/s1. The highest BCUT2D eigenvalue weighted by molar-refractivity contribution is 5.38. The molecule has 2 rings (SSSR count). The maximum absolute atomic E-state index is 9.75. The van der Waals surface area contributed by atoms with Gasteiger partial charge in [-0.1, -0.05) is 67.6 Å². The van der Waals surface area contributed by atoms with Crippen LogP contribution in [-0.2, 0) is 5.41 Å². The number of nitrogens with zero attached hydrogens (tertiary/aromatic N) is 1. The van der Waals surface area contributed by atoms with E-state index in [9.17, 15) is 5.26 Å². The molecular formula is C18H19N. The van der Waals surface area contributed by atoms with Gasteiger partial charge in [-0.25, -0.2) is 0 Å². The van der Waals surface area contributed by atoms with Crippen LogP contribution >= 0.6 is 0 Å². The number of benzene rings is 2. The predicted molar refractivity (Wildman–Crippen MR) is 78.9 cm³/mol. The summed E-state index contributed by atoms with van der Waals surface area (Å²) >= 11 is 0. The fraction of sp³-hybridized carbons (Fsp3) is 0.278. The van der Waals surface area contributed by atoms with Crippen molar-refractivity contribution in [1.29, 1.82) is 5.26 Å². The van der Waals surface area contributed by atoms with E-state index in [2.05, 4.69) is 37.3 Å². The monoisotopic (exact) mass is 249 g/mol. The largest absolute Gasteiger partial charge is 0.197 e. The van der Waals surface area contributed by atoms with Crippen LogP contribution in [-0.4, -0.2) is 0 Å². The lowest BCUT2D eigenvalue weighted by atomic mass is 9.69. The Labute approximate surface area is 115 Å². The zero-order valence-corrected chi connectivity index (χ0v) is 11.5. The SMILES string of the molecule is CC[C@H](c1ccccc1)[C@](C)(C#N)c1ccccc1. The Hall–Kier alpha value is -2.07. The van der Waals surface area contributed by atoms with Crippen LogP contribution in [0, 0.1) is 11.3 Å². The summed E-state index contributed by atoms with van der Waals surface area (Å²) in [5, 5.41) is 9.75. The van der Waals surface area contributed by atoms with E-state index >= 15 is 0 Å². The van der Waals surface area contributed by atoms with Gasteiger partial charge in [0, 0.05) is 5.92 Å². The molecule has 2 atom stereocenters. The molecule has 0 bridgehead atoms. The van der Waals surface area contributed by atoms with Crippen LogP contribution in [0.2, 0.25) is 0 Å². The minimum absolute atomic E-state index is 0.209. The fourth-order valence-electron chi connectivity index (χ4n) is 2.79. The van der Waals surface area contributed by atoms with E-state index in [0.29, 0.717) is 0 Å². The van der Waals surface area contributed by atoms with E-state index in [0.717, 1.165) is 12.0 Å². The molecule has 0 saturated carbocycles. The summed E-state index contributed by atoms with van der Waals surface area (Å²) in [5.74, 6) is 0.209. The minimum Gasteiger partial charge on any atom is -0.197 e. The molecule has 2 aromatic carbocycles. The third kappa shape index (κ3) is 2.53. The molecule has 0 heterocycles. The molecule has 1 nitrogen and oxygen atoms in total. The number of rotatable bonds is 4. The molecule has 0 saturated heterocycles. The van der Waals surface area contributed by atoms with Gasteiger partial charge in [0.05, 0.1) is 11.5 Å². The summed E-state index contributed by atoms with van der Waals surface area (Å²) in [6.07, 6.45) is 0.947. The lowest BCUT2D eigenvalue weighted by molar-refractivity contribution is 0.460. The molecule has 96 valence electrons. The number of nitriles is 1. The summed E-state index contributed by atoms with van der Waals surface area (Å²) < 4.78 is 0. The van der Waals surface area contributed by atoms with Gasteiger partial charge >= 0.3 is 0 Å². The first-order valence-corrected chi connectivity index (χ1v) is 6.74. The Balaban J connectivity index is 2.49. The zero-order chi connectivity index (χ0) is 13.7. The third-order valence-corrected chi connectivity index (χ3v) is 3.91. The van der Waals surface area contributed by atoms with Crippen LogP contribution in [0.15, 0.2) is 60.7 Å². The second-order valence-electron chi connectivity index (χ2n) is 5.05. The van der Waals surface area contributed by atoms with E-state index in [1.807, 2.05) is 43.3 Å². The second-order valence-corrected chi connectivity index (χ2v) is 5.05. The van der Waals surface area contributed by atoms with Crippen molar-refractivity contribution >= 4 is 0 Å². The van der Waals surface area contributed by atoms with Crippen molar-refractivity contribution in [3.63, 3.8) is 0 Å². The van der Waals surface area contributed by atoms with Gasteiger partial charge in [0.2, 0.25) is 0 Å². The predicted octanol–water partition coefficient (Wildman–Crippen LogP) is 4.66. The van der Waals surface area contributed by atoms with Crippen molar-refractivity contribution in [3.8, 4) is 6.07 Å². The molecule has 0 spiro atoms. The minimum atomic E-state index is -0.489. The zero-order valence-electron chi connectivity index (χ0n) is 11.5. The molecule has 0 radical (unpaired) electrons. The fourth-order valence-corrected chi connectivity index (χ4v) is 2.79. The first-order valence-electron chi connectivity index (χ1n) is 6.74. The van der Waals surface area contributed by atoms with Crippen LogP contribution in [0.25, 0.3) is 0 Å². The van der Waals surface area contributed by atoms with E-state index < -0.39 is 5.41 Å². The van der Waals surface area contributed by atoms with Crippen molar-refractivity contribution < 1.29 is 0 Å². The van der Waals surface area contributed by atoms with E-state index in [4.69, 9.17) is 0 Å². The van der Waals surface area contributed by atoms with Crippen molar-refractivity contribution in [1.82, 2.24) is 0 Å². The normalized spacial score (nSPS) is 15.2. The highest BCUT2D eigenvalue weighted by atomic mass is 14.4. The van der Waals surface area contributed by atoms with Crippen molar-refractivity contribution in [2.24, 2.45) is 0 Å². The maximum Gasteiger partial charge on any atom is 0.0862 e. The molecule has 0 aliphatic heterocycles. The second kappa shape index (κ2) is 5.71. The average Bonchev–Trinajstić information content (AvgIpc) is 2.49. The van der Waals surface area contributed by atoms with Gasteiger partial charge < -0.3 is 0 Å². The Morgan fingerprint density at radius 3 is 2.00 bits per heavy atom. The van der Waals surface area contributed by atoms with Gasteiger partial charge in [0.25, 0.3) is 0 Å². The molecule has 0 N–H and O–H groups in total. The van der Waals surface area contributed by atoms with Crippen molar-refractivity contribution in [3.05, 3.63) is 71.8 Å². The summed E-state index contributed by atoms with van der Waals surface area (Å²) in [4.78, 5) is 0. The first kappa shape index (κ1) is 13.4. The molecular weight excluding hydrogens is 230 g/mol. The molecule has 0 unspecified atom stereocenters. The van der Waals surface area contributed by atoms with E-state index in [1.165, 1.54) is 5.56 Å². The quantitative estimate of drug-likeness (QED) is 0.773. The average molecular weight is 249 g/mol. The summed E-state index contributed by atoms with van der Waals surface area (Å²) in [7, 11) is 0. The van der Waals surface area contributed by atoms with Crippen LogP contribution in [0.1, 0.15) is 37.3 Å². The van der Waals surface area contributed by atoms with Gasteiger partial charge in [-0.2, -0.15) is 5.26 Å². The van der Waals surface area contributed by atoms with Gasteiger partial charge in [0.15, 0.2) is 0 Å². The van der Waals surface area contributed by atoms with Crippen LogP contribution in [0.3, 0.4) is 0 Å². The molecule has 19 heavy (non-hydrogen) atoms. The Kier molecular flexibility index (Phi) is 4.02. The van der Waals surface area contributed by atoms with E-state index in [-0.39, 0.29) is 5.92 Å². The smallest absolute Gasteiger partial charge is 0.0862 e. The summed E-state index contributed by atoms with van der Waals surface area (Å²) in [6.45, 7) is 4.19. The molecule has 0 aliphatic carbocycles. The van der Waals surface area contributed by atoms with Gasteiger partial charge in [-0.3, -0.25) is 0 Å². The molecule has 2 aromatic rings. The number of hydrogen-bond acceptors (Lipinski definition) is 1. The Morgan fingerprint density at radius 1 is 1.00 bits per heavy atom. The van der Waals surface area contributed by atoms with Gasteiger partial charge in [-0.15, -0.1) is 0 Å². The van der Waals surface area contributed by atoms with Crippen molar-refractivity contribution in [2.75, 3.05) is 0 Å². The molecule has 0 amide bonds. The molecule has 0 fully saturated rings. The lowest BCUT2D eigenvalue weighted by Crippen LogP contribution is -2.28. The maximum atomic E-state index is 9.75. The third-order valence-electron chi connectivity index (χ3n) is 3.91. The summed E-state index contributed by atoms with van der Waals surface area (Å²) in [6, 6.07) is 23.0. The molecule has 0 aromatic heterocycles. The number of hydrogen-bond donors (Lipinski definition) is 0. The molecule has 1 heteroatoms. The highest BCUT2D eigenvalue weighted by Gasteiger charge is 2.35. The lowest BCUT2D eigenvalue weighted by Gasteiger charge is -2.32. The van der Waals surface area contributed by atoms with Gasteiger partial charge in [-0.05, 0) is 24.5 Å². The summed E-state index contributed by atoms with van der Waals surface area (Å²) in [5.41, 5.74) is 1.84. The Morgan fingerprint density at radius 2 is 1.53 bits per heavy atom. The van der Waals surface area contributed by atoms with Crippen LogP contribution < -0.4 is 0 Å². The van der Waals surface area contributed by atoms with Crippen LogP contribution in [0.4, 0.5) is 0 Å². The van der Waals surface area contributed by atoms with Crippen molar-refractivity contribution in [2.45, 2.75) is 31.6 Å². The topological polar surface area (TPSA) is 23.8 Å². The highest BCUT2D eigenvalue weighted by Crippen LogP contribution is 2.40.